The molecule has 1 aromatic carbocycles. The van der Waals surface area contributed by atoms with Crippen LogP contribution in [0.1, 0.15) is 34.8 Å². The maximum absolute atomic E-state index is 11.2. The summed E-state index contributed by atoms with van der Waals surface area (Å²) in [5.41, 5.74) is 2.83. The van der Waals surface area contributed by atoms with Gasteiger partial charge in [-0.3, -0.25) is 14.5 Å². The maximum Gasteiger partial charge on any atom is 0.157 e. The predicted octanol–water partition coefficient (Wildman–Crippen LogP) is 3.38. The normalized spacial score (nSPS) is 13.6. The lowest BCUT2D eigenvalue weighted by Gasteiger charge is -2.13. The molecule has 6 heteroatoms. The van der Waals surface area contributed by atoms with Crippen molar-refractivity contribution in [3.8, 4) is 22.9 Å². The molecule has 1 aliphatic carbocycles. The van der Waals surface area contributed by atoms with Crippen LogP contribution in [0, 0.1) is 0 Å². The standard InChI is InChI=1S/C19H17N3O3/c23-11-15-17(24)4-1-5-18(15)25-12-13-3-2-9-20-19(13)16-8-10-21-22(16)14-6-7-14/h1-5,8-11,14,24H,6-7,12H2. The molecule has 2 heterocycles. The molecule has 0 radical (unpaired) electrons. The molecule has 0 bridgehead atoms. The van der Waals surface area contributed by atoms with E-state index in [9.17, 15) is 9.90 Å². The highest BCUT2D eigenvalue weighted by atomic mass is 16.5. The van der Waals surface area contributed by atoms with E-state index in [0.29, 0.717) is 18.1 Å². The topological polar surface area (TPSA) is 77.2 Å². The summed E-state index contributed by atoms with van der Waals surface area (Å²) in [6.07, 6.45) is 6.40. The minimum absolute atomic E-state index is 0.0919. The van der Waals surface area contributed by atoms with Gasteiger partial charge in [0.15, 0.2) is 6.29 Å². The highest BCUT2D eigenvalue weighted by Crippen LogP contribution is 2.38. The summed E-state index contributed by atoms with van der Waals surface area (Å²) < 4.78 is 7.80. The van der Waals surface area contributed by atoms with Crippen molar-refractivity contribution >= 4 is 6.29 Å². The first kappa shape index (κ1) is 15.4. The van der Waals surface area contributed by atoms with Crippen LogP contribution in [0.25, 0.3) is 11.4 Å². The zero-order valence-corrected chi connectivity index (χ0v) is 13.5. The monoisotopic (exact) mass is 335 g/mol. The molecule has 2 aromatic heterocycles. The number of hydrogen-bond donors (Lipinski definition) is 1. The Bertz CT molecular complexity index is 916. The van der Waals surface area contributed by atoms with Gasteiger partial charge in [0.05, 0.1) is 23.0 Å². The summed E-state index contributed by atoms with van der Waals surface area (Å²) in [7, 11) is 0. The average Bonchev–Trinajstić information content (AvgIpc) is 3.37. The SMILES string of the molecule is O=Cc1c(O)cccc1OCc1cccnc1-c1ccnn1C1CC1. The second-order valence-electron chi connectivity index (χ2n) is 6.00. The first-order valence-electron chi connectivity index (χ1n) is 8.15. The number of phenols is 1. The second kappa shape index (κ2) is 6.39. The van der Waals surface area contributed by atoms with Gasteiger partial charge in [-0.15, -0.1) is 0 Å². The molecule has 4 rings (SSSR count). The number of nitrogens with zero attached hydrogens (tertiary/aromatic N) is 3. The van der Waals surface area contributed by atoms with E-state index in [1.165, 1.54) is 6.07 Å². The summed E-state index contributed by atoms with van der Waals surface area (Å²) in [6, 6.07) is 11.0. The van der Waals surface area contributed by atoms with Gasteiger partial charge in [-0.1, -0.05) is 12.1 Å². The number of aromatic hydroxyl groups is 1. The summed E-state index contributed by atoms with van der Waals surface area (Å²) >= 11 is 0. The van der Waals surface area contributed by atoms with Crippen LogP contribution in [0.2, 0.25) is 0 Å². The van der Waals surface area contributed by atoms with Crippen molar-refractivity contribution in [3.05, 3.63) is 59.9 Å². The number of carbonyl (C=O) groups excluding carboxylic acids is 1. The minimum atomic E-state index is -0.0919. The van der Waals surface area contributed by atoms with Gasteiger partial charge in [-0.05, 0) is 37.1 Å². The fourth-order valence-corrected chi connectivity index (χ4v) is 2.83. The molecule has 25 heavy (non-hydrogen) atoms. The van der Waals surface area contributed by atoms with Crippen LogP contribution < -0.4 is 4.74 Å². The van der Waals surface area contributed by atoms with E-state index in [0.717, 1.165) is 29.8 Å². The quantitative estimate of drug-likeness (QED) is 0.699. The van der Waals surface area contributed by atoms with Crippen molar-refractivity contribution in [1.82, 2.24) is 14.8 Å². The molecule has 3 aromatic rings. The highest BCUT2D eigenvalue weighted by Gasteiger charge is 2.27. The Kier molecular flexibility index (Phi) is 3.93. The largest absolute Gasteiger partial charge is 0.507 e. The van der Waals surface area contributed by atoms with Crippen LogP contribution in [-0.4, -0.2) is 26.2 Å². The second-order valence-corrected chi connectivity index (χ2v) is 6.00. The number of pyridine rings is 1. The van der Waals surface area contributed by atoms with Crippen LogP contribution in [0.4, 0.5) is 0 Å². The summed E-state index contributed by atoms with van der Waals surface area (Å²) in [6.45, 7) is 0.239. The van der Waals surface area contributed by atoms with Gasteiger partial charge in [-0.25, -0.2) is 0 Å². The molecule has 0 amide bonds. The lowest BCUT2D eigenvalue weighted by molar-refractivity contribution is 0.111. The number of benzene rings is 1. The van der Waals surface area contributed by atoms with Crippen LogP contribution in [-0.2, 0) is 6.61 Å². The Balaban J connectivity index is 1.63. The van der Waals surface area contributed by atoms with Crippen LogP contribution in [0.3, 0.4) is 0 Å². The summed E-state index contributed by atoms with van der Waals surface area (Å²) in [4.78, 5) is 15.7. The Hall–Kier alpha value is -3.15. The number of aldehydes is 1. The first-order chi connectivity index (χ1) is 12.3. The molecule has 1 N–H and O–H groups in total. The van der Waals surface area contributed by atoms with Crippen molar-refractivity contribution in [2.24, 2.45) is 0 Å². The lowest BCUT2D eigenvalue weighted by Crippen LogP contribution is -2.05. The maximum atomic E-state index is 11.2. The average molecular weight is 335 g/mol. The third kappa shape index (κ3) is 2.98. The number of hydrogen-bond acceptors (Lipinski definition) is 5. The Morgan fingerprint density at radius 1 is 1.20 bits per heavy atom. The van der Waals surface area contributed by atoms with Gasteiger partial charge in [-0.2, -0.15) is 5.10 Å². The fraction of sp³-hybridized carbons (Fsp3) is 0.211. The molecule has 0 spiro atoms. The van der Waals surface area contributed by atoms with Crippen LogP contribution in [0.5, 0.6) is 11.5 Å². The number of ether oxygens (including phenoxy) is 1. The molecule has 126 valence electrons. The Morgan fingerprint density at radius 2 is 2.08 bits per heavy atom. The molecule has 1 fully saturated rings. The van der Waals surface area contributed by atoms with Gasteiger partial charge in [0.25, 0.3) is 0 Å². The number of carbonyl (C=O) groups is 1. The van der Waals surface area contributed by atoms with E-state index >= 15 is 0 Å². The lowest BCUT2D eigenvalue weighted by atomic mass is 10.1. The third-order valence-corrected chi connectivity index (χ3v) is 4.24. The zero-order chi connectivity index (χ0) is 17.2. The predicted molar refractivity (Wildman–Crippen MR) is 91.6 cm³/mol. The van der Waals surface area contributed by atoms with E-state index < -0.39 is 0 Å². The highest BCUT2D eigenvalue weighted by molar-refractivity contribution is 5.83. The van der Waals surface area contributed by atoms with Gasteiger partial charge < -0.3 is 9.84 Å². The fourth-order valence-electron chi connectivity index (χ4n) is 2.83. The van der Waals surface area contributed by atoms with E-state index in [-0.39, 0.29) is 17.9 Å². The minimum Gasteiger partial charge on any atom is -0.507 e. The van der Waals surface area contributed by atoms with E-state index in [4.69, 9.17) is 4.74 Å². The van der Waals surface area contributed by atoms with Crippen molar-refractivity contribution < 1.29 is 14.6 Å². The van der Waals surface area contributed by atoms with Crippen molar-refractivity contribution in [2.45, 2.75) is 25.5 Å². The van der Waals surface area contributed by atoms with E-state index in [1.54, 1.807) is 24.5 Å². The van der Waals surface area contributed by atoms with Gasteiger partial charge >= 0.3 is 0 Å². The van der Waals surface area contributed by atoms with Crippen molar-refractivity contribution in [3.63, 3.8) is 0 Å². The van der Waals surface area contributed by atoms with Crippen LogP contribution in [0.15, 0.2) is 48.8 Å². The van der Waals surface area contributed by atoms with E-state index in [2.05, 4.69) is 10.1 Å². The Morgan fingerprint density at radius 3 is 2.88 bits per heavy atom. The first-order valence-corrected chi connectivity index (χ1v) is 8.15. The molecule has 1 aliphatic rings. The molecule has 6 nitrogen and oxygen atoms in total. The molecular formula is C19H17N3O3. The molecular weight excluding hydrogens is 318 g/mol. The molecule has 0 aliphatic heterocycles. The van der Waals surface area contributed by atoms with Gasteiger partial charge in [0, 0.05) is 18.0 Å². The van der Waals surface area contributed by atoms with Crippen LogP contribution >= 0.6 is 0 Å². The summed E-state index contributed by atoms with van der Waals surface area (Å²) in [5.74, 6) is 0.256. The Labute approximate surface area is 144 Å². The number of phenolic OH excluding ortho intramolecular Hbond substituents is 1. The zero-order valence-electron chi connectivity index (χ0n) is 13.5. The van der Waals surface area contributed by atoms with E-state index in [1.807, 2.05) is 22.9 Å². The van der Waals surface area contributed by atoms with Gasteiger partial charge in [0.1, 0.15) is 18.1 Å². The number of rotatable bonds is 6. The summed E-state index contributed by atoms with van der Waals surface area (Å²) in [5, 5.41) is 14.2. The van der Waals surface area contributed by atoms with Gasteiger partial charge in [0.2, 0.25) is 0 Å². The van der Waals surface area contributed by atoms with Crippen molar-refractivity contribution in [2.75, 3.05) is 0 Å². The molecule has 0 atom stereocenters. The molecule has 0 saturated heterocycles. The molecule has 1 saturated carbocycles. The molecule has 0 unspecified atom stereocenters. The smallest absolute Gasteiger partial charge is 0.157 e. The third-order valence-electron chi connectivity index (χ3n) is 4.24. The number of aromatic nitrogens is 3. The van der Waals surface area contributed by atoms with Crippen molar-refractivity contribution in [1.29, 1.82) is 0 Å².